The highest BCUT2D eigenvalue weighted by molar-refractivity contribution is 6.39. The first-order valence-corrected chi connectivity index (χ1v) is 7.61. The fraction of sp³-hybridized carbons (Fsp3) is 0.467. The minimum atomic E-state index is -0.773. The van der Waals surface area contributed by atoms with E-state index in [1.165, 1.54) is 0 Å². The van der Waals surface area contributed by atoms with Crippen LogP contribution in [0.4, 0.5) is 0 Å². The Bertz CT molecular complexity index is 495. The summed E-state index contributed by atoms with van der Waals surface area (Å²) in [5.41, 5.74) is 0.156. The van der Waals surface area contributed by atoms with E-state index in [2.05, 4.69) is 5.32 Å². The van der Waals surface area contributed by atoms with Gasteiger partial charge in [0.2, 0.25) is 0 Å². The summed E-state index contributed by atoms with van der Waals surface area (Å²) in [5.74, 6) is -0.972. The lowest BCUT2D eigenvalue weighted by Crippen LogP contribution is -2.41. The molecular weight excluding hydrogens is 313 g/mol. The predicted molar refractivity (Wildman–Crippen MR) is 83.9 cm³/mol. The van der Waals surface area contributed by atoms with Crippen molar-refractivity contribution in [1.82, 2.24) is 5.32 Å². The minimum Gasteiger partial charge on any atom is -0.461 e. The molecule has 1 aromatic rings. The lowest BCUT2D eigenvalue weighted by atomic mass is 10.2. The van der Waals surface area contributed by atoms with Crippen LogP contribution in [0.5, 0.6) is 0 Å². The second-order valence-electron chi connectivity index (χ2n) is 4.67. The summed E-state index contributed by atoms with van der Waals surface area (Å²) < 4.78 is 5.29. The first kappa shape index (κ1) is 17.8. The van der Waals surface area contributed by atoms with Gasteiger partial charge in [-0.3, -0.25) is 4.79 Å². The monoisotopic (exact) mass is 331 g/mol. The number of hydrogen-bond donors (Lipinski definition) is 1. The van der Waals surface area contributed by atoms with Gasteiger partial charge in [-0.25, -0.2) is 4.79 Å². The quantitative estimate of drug-likeness (QED) is 0.805. The molecule has 0 aliphatic carbocycles. The third kappa shape index (κ3) is 4.90. The van der Waals surface area contributed by atoms with Crippen LogP contribution in [0.3, 0.4) is 0 Å². The highest BCUT2D eigenvalue weighted by Gasteiger charge is 2.22. The topological polar surface area (TPSA) is 55.4 Å². The molecule has 21 heavy (non-hydrogen) atoms. The van der Waals surface area contributed by atoms with Crippen molar-refractivity contribution in [2.45, 2.75) is 45.8 Å². The van der Waals surface area contributed by atoms with E-state index in [9.17, 15) is 9.59 Å². The largest absolute Gasteiger partial charge is 0.461 e. The van der Waals surface area contributed by atoms with E-state index < -0.39 is 17.9 Å². The molecule has 6 heteroatoms. The molecule has 0 saturated heterocycles. The van der Waals surface area contributed by atoms with Gasteiger partial charge in [-0.15, -0.1) is 0 Å². The Morgan fingerprint density at radius 3 is 2.19 bits per heavy atom. The maximum atomic E-state index is 12.1. The number of hydrogen-bond acceptors (Lipinski definition) is 3. The van der Waals surface area contributed by atoms with Gasteiger partial charge < -0.3 is 10.1 Å². The molecule has 0 aliphatic heterocycles. The average molecular weight is 332 g/mol. The first-order chi connectivity index (χ1) is 9.90. The highest BCUT2D eigenvalue weighted by Crippen LogP contribution is 2.24. The number of benzene rings is 1. The summed E-state index contributed by atoms with van der Waals surface area (Å²) in [4.78, 5) is 24.0. The van der Waals surface area contributed by atoms with E-state index in [-0.39, 0.29) is 21.7 Å². The van der Waals surface area contributed by atoms with Gasteiger partial charge in [0.15, 0.2) is 0 Å². The number of rotatable bonds is 6. The Hall–Kier alpha value is -1.26. The molecule has 0 radical (unpaired) electrons. The fourth-order valence-corrected chi connectivity index (χ4v) is 2.33. The molecule has 1 rings (SSSR count). The molecule has 1 aromatic carbocycles. The van der Waals surface area contributed by atoms with E-state index in [0.29, 0.717) is 0 Å². The Morgan fingerprint density at radius 1 is 1.19 bits per heavy atom. The van der Waals surface area contributed by atoms with Gasteiger partial charge in [-0.2, -0.15) is 0 Å². The second-order valence-corrected chi connectivity index (χ2v) is 5.48. The van der Waals surface area contributed by atoms with Gasteiger partial charge in [-0.05, 0) is 31.9 Å². The number of ether oxygens (including phenoxy) is 1. The Kier molecular flexibility index (Phi) is 6.99. The van der Waals surface area contributed by atoms with Crippen LogP contribution in [0, 0.1) is 0 Å². The molecular formula is C15H19Cl2NO3. The third-order valence-corrected chi connectivity index (χ3v) is 3.71. The van der Waals surface area contributed by atoms with Crippen molar-refractivity contribution < 1.29 is 14.3 Å². The van der Waals surface area contributed by atoms with Crippen LogP contribution >= 0.6 is 23.2 Å². The Balaban J connectivity index is 2.72. The van der Waals surface area contributed by atoms with Gasteiger partial charge in [0.05, 0.1) is 15.6 Å². The normalized spacial score (nSPS) is 12.1. The van der Waals surface area contributed by atoms with E-state index in [4.69, 9.17) is 27.9 Å². The smallest absolute Gasteiger partial charge is 0.328 e. The first-order valence-electron chi connectivity index (χ1n) is 6.86. The van der Waals surface area contributed by atoms with Gasteiger partial charge in [0, 0.05) is 0 Å². The molecule has 0 saturated carbocycles. The molecule has 0 bridgehead atoms. The molecule has 0 fully saturated rings. The SMILES string of the molecule is CCC(CC)OC(=O)[C@H](C)NC(=O)c1c(Cl)cccc1Cl. The third-order valence-electron chi connectivity index (χ3n) is 3.08. The van der Waals surface area contributed by atoms with Crippen molar-refractivity contribution in [1.29, 1.82) is 0 Å². The van der Waals surface area contributed by atoms with Crippen molar-refractivity contribution in [3.8, 4) is 0 Å². The Labute approximate surface area is 134 Å². The van der Waals surface area contributed by atoms with Crippen LogP contribution in [0.2, 0.25) is 10.0 Å². The standard InChI is InChI=1S/C15H19Cl2NO3/c1-4-10(5-2)21-15(20)9(3)18-14(19)13-11(16)7-6-8-12(13)17/h6-10H,4-5H2,1-3H3,(H,18,19)/t9-/m0/s1. The predicted octanol–water partition coefficient (Wildman–Crippen LogP) is 3.84. The van der Waals surface area contributed by atoms with Crippen LogP contribution in [0.1, 0.15) is 44.0 Å². The number of esters is 1. The molecule has 0 aromatic heterocycles. The molecule has 0 heterocycles. The zero-order chi connectivity index (χ0) is 16.0. The molecule has 1 N–H and O–H groups in total. The van der Waals surface area contributed by atoms with Crippen molar-refractivity contribution in [3.05, 3.63) is 33.8 Å². The number of carbonyl (C=O) groups excluding carboxylic acids is 2. The summed E-state index contributed by atoms with van der Waals surface area (Å²) in [6.45, 7) is 5.44. The van der Waals surface area contributed by atoms with Crippen LogP contribution in [-0.2, 0) is 9.53 Å². The van der Waals surface area contributed by atoms with Crippen molar-refractivity contribution in [2.75, 3.05) is 0 Å². The van der Waals surface area contributed by atoms with Gasteiger partial charge >= 0.3 is 5.97 Å². The zero-order valence-corrected chi connectivity index (χ0v) is 13.8. The molecule has 0 aliphatic rings. The molecule has 1 atom stereocenters. The highest BCUT2D eigenvalue weighted by atomic mass is 35.5. The second kappa shape index (κ2) is 8.25. The zero-order valence-electron chi connectivity index (χ0n) is 12.3. The van der Waals surface area contributed by atoms with Crippen LogP contribution in [0.25, 0.3) is 0 Å². The van der Waals surface area contributed by atoms with Crippen LogP contribution < -0.4 is 5.32 Å². The molecule has 0 spiro atoms. The van der Waals surface area contributed by atoms with Crippen molar-refractivity contribution in [2.24, 2.45) is 0 Å². The van der Waals surface area contributed by atoms with Gasteiger partial charge in [0.25, 0.3) is 5.91 Å². The summed E-state index contributed by atoms with van der Waals surface area (Å²) in [6, 6.07) is 4.00. The number of amides is 1. The van der Waals surface area contributed by atoms with E-state index in [1.54, 1.807) is 25.1 Å². The number of nitrogens with one attached hydrogen (secondary N) is 1. The fourth-order valence-electron chi connectivity index (χ4n) is 1.76. The minimum absolute atomic E-state index is 0.138. The summed E-state index contributed by atoms with van der Waals surface area (Å²) in [5, 5.41) is 3.02. The lowest BCUT2D eigenvalue weighted by molar-refractivity contribution is -0.151. The average Bonchev–Trinajstić information content (AvgIpc) is 2.44. The summed E-state index contributed by atoms with van der Waals surface area (Å²) in [7, 11) is 0. The lowest BCUT2D eigenvalue weighted by Gasteiger charge is -2.19. The van der Waals surface area contributed by atoms with Crippen LogP contribution in [0.15, 0.2) is 18.2 Å². The number of halogens is 2. The van der Waals surface area contributed by atoms with Gasteiger partial charge in [-0.1, -0.05) is 43.1 Å². The van der Waals surface area contributed by atoms with Gasteiger partial charge in [0.1, 0.15) is 12.1 Å². The Morgan fingerprint density at radius 2 is 1.71 bits per heavy atom. The maximum Gasteiger partial charge on any atom is 0.328 e. The van der Waals surface area contributed by atoms with Crippen molar-refractivity contribution >= 4 is 35.1 Å². The summed E-state index contributed by atoms with van der Waals surface area (Å²) >= 11 is 11.9. The van der Waals surface area contributed by atoms with E-state index in [1.807, 2.05) is 13.8 Å². The number of carbonyl (C=O) groups is 2. The molecule has 4 nitrogen and oxygen atoms in total. The van der Waals surface area contributed by atoms with Crippen molar-refractivity contribution in [3.63, 3.8) is 0 Å². The van der Waals surface area contributed by atoms with E-state index in [0.717, 1.165) is 12.8 Å². The molecule has 0 unspecified atom stereocenters. The molecule has 116 valence electrons. The maximum absolute atomic E-state index is 12.1. The molecule has 1 amide bonds. The summed E-state index contributed by atoms with van der Waals surface area (Å²) in [6.07, 6.45) is 1.33. The van der Waals surface area contributed by atoms with E-state index >= 15 is 0 Å². The van der Waals surface area contributed by atoms with Crippen LogP contribution in [-0.4, -0.2) is 24.0 Å².